The number of halogens is 2. The molecule has 29 heavy (non-hydrogen) atoms. The molecule has 5 nitrogen and oxygen atoms in total. The van der Waals surface area contributed by atoms with Gasteiger partial charge in [0.1, 0.15) is 11.5 Å². The quantitative estimate of drug-likeness (QED) is 0.421. The van der Waals surface area contributed by atoms with Crippen molar-refractivity contribution in [2.75, 3.05) is 5.32 Å². The van der Waals surface area contributed by atoms with E-state index >= 15 is 0 Å². The second-order valence-electron chi connectivity index (χ2n) is 5.75. The van der Waals surface area contributed by atoms with Crippen molar-refractivity contribution in [2.45, 2.75) is 10.7 Å². The molecule has 3 aromatic rings. The Morgan fingerprint density at radius 3 is 2.48 bits per heavy atom. The van der Waals surface area contributed by atoms with Crippen molar-refractivity contribution in [2.24, 2.45) is 0 Å². The fourth-order valence-corrected chi connectivity index (χ4v) is 2.96. The number of amides is 2. The summed E-state index contributed by atoms with van der Waals surface area (Å²) < 4.78 is 30.4. The van der Waals surface area contributed by atoms with E-state index < -0.39 is 17.6 Å². The van der Waals surface area contributed by atoms with E-state index in [9.17, 15) is 18.4 Å². The van der Waals surface area contributed by atoms with Gasteiger partial charge in [0.25, 0.3) is 17.6 Å². The molecule has 2 aromatic carbocycles. The van der Waals surface area contributed by atoms with E-state index in [-0.39, 0.29) is 5.70 Å². The lowest BCUT2D eigenvalue weighted by Crippen LogP contribution is -2.30. The maximum atomic E-state index is 12.7. The van der Waals surface area contributed by atoms with Gasteiger partial charge >= 0.3 is 0 Å². The molecular weight excluding hydrogens is 398 g/mol. The number of furan rings is 1. The van der Waals surface area contributed by atoms with E-state index in [1.165, 1.54) is 24.5 Å². The maximum absolute atomic E-state index is 12.7. The van der Waals surface area contributed by atoms with Crippen LogP contribution in [0.1, 0.15) is 16.1 Å². The van der Waals surface area contributed by atoms with Crippen LogP contribution in [-0.4, -0.2) is 17.6 Å². The number of carbonyl (C=O) groups excluding carboxylic acids is 2. The predicted octanol–water partition coefficient (Wildman–Crippen LogP) is 5.00. The molecule has 0 unspecified atom stereocenters. The first-order valence-electron chi connectivity index (χ1n) is 8.49. The number of thioether (sulfide) groups is 1. The highest BCUT2D eigenvalue weighted by atomic mass is 32.2. The monoisotopic (exact) mass is 414 g/mol. The molecule has 8 heteroatoms. The molecule has 0 aliphatic rings. The van der Waals surface area contributed by atoms with Gasteiger partial charge in [0, 0.05) is 22.2 Å². The fourth-order valence-electron chi connectivity index (χ4n) is 2.41. The van der Waals surface area contributed by atoms with Crippen molar-refractivity contribution in [3.8, 4) is 0 Å². The highest BCUT2D eigenvalue weighted by molar-refractivity contribution is 7.99. The molecule has 2 amide bonds. The molecule has 0 fully saturated rings. The normalized spacial score (nSPS) is 11.3. The molecular formula is C21H16F2N2O3S. The van der Waals surface area contributed by atoms with Crippen LogP contribution in [0.4, 0.5) is 14.5 Å². The van der Waals surface area contributed by atoms with E-state index in [2.05, 4.69) is 10.6 Å². The number of benzene rings is 2. The third kappa shape index (κ3) is 6.05. The van der Waals surface area contributed by atoms with Crippen LogP contribution in [0.15, 0.2) is 88.0 Å². The first-order valence-corrected chi connectivity index (χ1v) is 9.37. The van der Waals surface area contributed by atoms with Crippen LogP contribution in [-0.2, 0) is 4.79 Å². The number of carbonyl (C=O) groups is 2. The summed E-state index contributed by atoms with van der Waals surface area (Å²) >= 11 is 0.376. The van der Waals surface area contributed by atoms with Crippen LogP contribution < -0.4 is 10.6 Å². The molecule has 0 radical (unpaired) electrons. The minimum atomic E-state index is -2.57. The first-order chi connectivity index (χ1) is 14.0. The van der Waals surface area contributed by atoms with Crippen LogP contribution in [0.5, 0.6) is 0 Å². The number of nitrogens with one attached hydrogen (secondary N) is 2. The van der Waals surface area contributed by atoms with E-state index in [4.69, 9.17) is 4.42 Å². The van der Waals surface area contributed by atoms with Crippen molar-refractivity contribution in [1.29, 1.82) is 0 Å². The van der Waals surface area contributed by atoms with Crippen molar-refractivity contribution in [3.63, 3.8) is 0 Å². The zero-order valence-electron chi connectivity index (χ0n) is 15.0. The zero-order chi connectivity index (χ0) is 20.6. The number of alkyl halides is 2. The van der Waals surface area contributed by atoms with Gasteiger partial charge in [-0.1, -0.05) is 36.0 Å². The summed E-state index contributed by atoms with van der Waals surface area (Å²) in [5.74, 6) is -3.29. The third-order valence-electron chi connectivity index (χ3n) is 3.68. The first kappa shape index (κ1) is 20.3. The summed E-state index contributed by atoms with van der Waals surface area (Å²) in [5.41, 5.74) is 0.640. The predicted molar refractivity (Wildman–Crippen MR) is 108 cm³/mol. The van der Waals surface area contributed by atoms with Gasteiger partial charge < -0.3 is 15.1 Å². The lowest BCUT2D eigenvalue weighted by molar-refractivity contribution is -0.113. The Balaban J connectivity index is 1.81. The molecule has 0 saturated heterocycles. The third-order valence-corrected chi connectivity index (χ3v) is 4.38. The smallest absolute Gasteiger partial charge is 0.288 e. The lowest BCUT2D eigenvalue weighted by atomic mass is 10.2. The Kier molecular flexibility index (Phi) is 6.80. The highest BCUT2D eigenvalue weighted by Gasteiger charge is 2.16. The molecule has 3 rings (SSSR count). The Morgan fingerprint density at radius 2 is 1.79 bits per heavy atom. The summed E-state index contributed by atoms with van der Waals surface area (Å²) in [5, 5.41) is 5.17. The minimum Gasteiger partial charge on any atom is -0.465 e. The molecule has 0 spiro atoms. The van der Waals surface area contributed by atoms with Gasteiger partial charge in [-0.25, -0.2) is 0 Å². The van der Waals surface area contributed by atoms with Crippen molar-refractivity contribution >= 4 is 35.3 Å². The van der Waals surface area contributed by atoms with E-state index in [1.807, 2.05) is 0 Å². The van der Waals surface area contributed by atoms with E-state index in [0.29, 0.717) is 33.7 Å². The average Bonchev–Trinajstić information content (AvgIpc) is 3.21. The summed E-state index contributed by atoms with van der Waals surface area (Å²) in [7, 11) is 0. The summed E-state index contributed by atoms with van der Waals surface area (Å²) in [6.45, 7) is 0. The van der Waals surface area contributed by atoms with Gasteiger partial charge in [-0.2, -0.15) is 8.78 Å². The highest BCUT2D eigenvalue weighted by Crippen LogP contribution is 2.27. The van der Waals surface area contributed by atoms with E-state index in [0.717, 1.165) is 0 Å². The molecule has 0 aliphatic heterocycles. The largest absolute Gasteiger partial charge is 0.465 e. The zero-order valence-corrected chi connectivity index (χ0v) is 15.8. The number of hydrogen-bond donors (Lipinski definition) is 2. The molecule has 0 saturated carbocycles. The van der Waals surface area contributed by atoms with Crippen molar-refractivity contribution in [1.82, 2.24) is 5.32 Å². The van der Waals surface area contributed by atoms with E-state index in [1.54, 1.807) is 54.6 Å². The van der Waals surface area contributed by atoms with Gasteiger partial charge in [-0.3, -0.25) is 9.59 Å². The van der Waals surface area contributed by atoms with Crippen LogP contribution in [0.2, 0.25) is 0 Å². The van der Waals surface area contributed by atoms with Crippen molar-refractivity contribution in [3.05, 3.63) is 90.0 Å². The number of rotatable bonds is 7. The second-order valence-corrected chi connectivity index (χ2v) is 6.82. The van der Waals surface area contributed by atoms with Crippen LogP contribution in [0.3, 0.4) is 0 Å². The second kappa shape index (κ2) is 9.70. The van der Waals surface area contributed by atoms with Gasteiger partial charge in [0.05, 0.1) is 6.26 Å². The molecule has 1 heterocycles. The summed E-state index contributed by atoms with van der Waals surface area (Å²) in [6, 6.07) is 17.7. The van der Waals surface area contributed by atoms with Gasteiger partial charge in [0.2, 0.25) is 0 Å². The standard InChI is InChI=1S/C21H16F2N2O3S/c22-21(23)29-17-10-4-8-15(12-17)24-20(27)18(13-16-9-5-11-28-16)25-19(26)14-6-2-1-3-7-14/h1-13,21H,(H,24,27)(H,25,26)/b18-13-. The Hall–Kier alpha value is -3.39. The Bertz CT molecular complexity index is 1010. The minimum absolute atomic E-state index is 0.0549. The molecule has 0 bridgehead atoms. The Labute approximate surface area is 169 Å². The molecule has 0 aliphatic carbocycles. The molecule has 148 valence electrons. The van der Waals surface area contributed by atoms with Gasteiger partial charge in [0.15, 0.2) is 0 Å². The van der Waals surface area contributed by atoms with Crippen LogP contribution in [0.25, 0.3) is 6.08 Å². The van der Waals surface area contributed by atoms with Crippen molar-refractivity contribution < 1.29 is 22.8 Å². The molecule has 2 N–H and O–H groups in total. The fraction of sp³-hybridized carbons (Fsp3) is 0.0476. The molecule has 0 atom stereocenters. The lowest BCUT2D eigenvalue weighted by Gasteiger charge is -2.11. The average molecular weight is 414 g/mol. The molecule has 1 aromatic heterocycles. The van der Waals surface area contributed by atoms with Crippen LogP contribution in [0, 0.1) is 0 Å². The number of hydrogen-bond acceptors (Lipinski definition) is 4. The van der Waals surface area contributed by atoms with Crippen LogP contribution >= 0.6 is 11.8 Å². The Morgan fingerprint density at radius 1 is 1.00 bits per heavy atom. The van der Waals surface area contributed by atoms with Gasteiger partial charge in [-0.05, 0) is 42.5 Å². The SMILES string of the molecule is O=C(Nc1cccc(SC(F)F)c1)/C(=C/c1ccco1)NC(=O)c1ccccc1. The topological polar surface area (TPSA) is 71.3 Å². The summed E-state index contributed by atoms with van der Waals surface area (Å²) in [4.78, 5) is 25.5. The maximum Gasteiger partial charge on any atom is 0.288 e. The number of anilines is 1. The summed E-state index contributed by atoms with van der Waals surface area (Å²) in [6.07, 6.45) is 2.82. The van der Waals surface area contributed by atoms with Gasteiger partial charge in [-0.15, -0.1) is 0 Å².